The molecule has 0 radical (unpaired) electrons. The van der Waals surface area contributed by atoms with Crippen molar-refractivity contribution in [2.45, 2.75) is 77.0 Å². The van der Waals surface area contributed by atoms with Crippen LogP contribution in [0.1, 0.15) is 45.6 Å². The summed E-state index contributed by atoms with van der Waals surface area (Å²) in [5, 5.41) is 0. The maximum Gasteiger partial charge on any atom is 0.190 e. The van der Waals surface area contributed by atoms with Crippen molar-refractivity contribution in [3.05, 3.63) is 35.6 Å². The number of hydrogen-bond donors (Lipinski definition) is 0. The van der Waals surface area contributed by atoms with Crippen LogP contribution in [-0.4, -0.2) is 36.2 Å². The van der Waals surface area contributed by atoms with Crippen LogP contribution in [0.25, 0.3) is 0 Å². The molecular formula is C19H25FO5. The average molecular weight is 352 g/mol. The maximum absolute atomic E-state index is 13.8. The molecule has 25 heavy (non-hydrogen) atoms. The van der Waals surface area contributed by atoms with E-state index >= 15 is 0 Å². The number of benzene rings is 1. The average Bonchev–Trinajstić information content (AvgIpc) is 3.04. The van der Waals surface area contributed by atoms with Gasteiger partial charge in [0.1, 0.15) is 24.1 Å². The summed E-state index contributed by atoms with van der Waals surface area (Å²) in [4.78, 5) is 12.5. The third-order valence-corrected chi connectivity index (χ3v) is 4.47. The topological polar surface area (TPSA) is 54.0 Å². The third kappa shape index (κ3) is 4.08. The van der Waals surface area contributed by atoms with Gasteiger partial charge >= 0.3 is 0 Å². The Morgan fingerprint density at radius 2 is 2.04 bits per heavy atom. The normalized spacial score (nSPS) is 30.4. The number of carbonyl (C=O) groups excluding carboxylic acids is 1. The molecule has 1 aromatic rings. The SMILES string of the molecule is CCCCC(=O)[C@H]1O[C@@H]2OC(C)(C)O[C@@H]2[C@H]1OCc1ccccc1F. The van der Waals surface area contributed by atoms with Gasteiger partial charge in [-0.3, -0.25) is 4.79 Å². The van der Waals surface area contributed by atoms with E-state index in [9.17, 15) is 9.18 Å². The second-order valence-corrected chi connectivity index (χ2v) is 6.96. The van der Waals surface area contributed by atoms with Crippen molar-refractivity contribution in [1.29, 1.82) is 0 Å². The van der Waals surface area contributed by atoms with Gasteiger partial charge < -0.3 is 18.9 Å². The van der Waals surface area contributed by atoms with Gasteiger partial charge in [-0.2, -0.15) is 0 Å². The van der Waals surface area contributed by atoms with E-state index in [4.69, 9.17) is 18.9 Å². The first-order valence-corrected chi connectivity index (χ1v) is 8.80. The number of halogens is 1. The second-order valence-electron chi connectivity index (χ2n) is 6.96. The molecule has 2 aliphatic rings. The Labute approximate surface area is 147 Å². The minimum absolute atomic E-state index is 0.0280. The largest absolute Gasteiger partial charge is 0.367 e. The molecule has 0 N–H and O–H groups in total. The summed E-state index contributed by atoms with van der Waals surface area (Å²) in [5.41, 5.74) is 0.434. The fraction of sp³-hybridized carbons (Fsp3) is 0.632. The van der Waals surface area contributed by atoms with Gasteiger partial charge in [0.2, 0.25) is 0 Å². The molecule has 0 spiro atoms. The van der Waals surface area contributed by atoms with Crippen LogP contribution in [0.3, 0.4) is 0 Å². The molecule has 0 unspecified atom stereocenters. The standard InChI is InChI=1S/C19H25FO5/c1-4-5-10-14(21)15-16(17-18(23-15)25-19(2,3)24-17)22-11-12-8-6-7-9-13(12)20/h6-9,15-18H,4-5,10-11H2,1-3H3/t15-,16+,17-,18-/m1/s1. The number of Topliss-reactive ketones (excluding diaryl/α,β-unsaturated/α-hetero) is 1. The highest BCUT2D eigenvalue weighted by Gasteiger charge is 2.57. The van der Waals surface area contributed by atoms with Crippen LogP contribution in [0.2, 0.25) is 0 Å². The highest BCUT2D eigenvalue weighted by Crippen LogP contribution is 2.39. The summed E-state index contributed by atoms with van der Waals surface area (Å²) in [5.74, 6) is -1.16. The van der Waals surface area contributed by atoms with Crippen molar-refractivity contribution in [2.75, 3.05) is 0 Å². The summed E-state index contributed by atoms with van der Waals surface area (Å²) in [6.45, 7) is 5.65. The number of ether oxygens (including phenoxy) is 4. The molecule has 138 valence electrons. The van der Waals surface area contributed by atoms with Crippen LogP contribution in [0.5, 0.6) is 0 Å². The van der Waals surface area contributed by atoms with Gasteiger partial charge in [0.15, 0.2) is 17.9 Å². The van der Waals surface area contributed by atoms with Crippen molar-refractivity contribution in [3.8, 4) is 0 Å². The number of ketones is 1. The number of fused-ring (bicyclic) bond motifs is 1. The first-order chi connectivity index (χ1) is 11.9. The van der Waals surface area contributed by atoms with E-state index in [1.165, 1.54) is 6.07 Å². The van der Waals surface area contributed by atoms with Crippen LogP contribution in [-0.2, 0) is 30.3 Å². The van der Waals surface area contributed by atoms with E-state index in [1.807, 2.05) is 6.92 Å². The van der Waals surface area contributed by atoms with E-state index in [2.05, 4.69) is 0 Å². The molecule has 4 atom stereocenters. The minimum Gasteiger partial charge on any atom is -0.367 e. The summed E-state index contributed by atoms with van der Waals surface area (Å²) < 4.78 is 37.1. The van der Waals surface area contributed by atoms with Crippen LogP contribution in [0.15, 0.2) is 24.3 Å². The zero-order valence-electron chi connectivity index (χ0n) is 14.9. The van der Waals surface area contributed by atoms with E-state index in [-0.39, 0.29) is 18.2 Å². The smallest absolute Gasteiger partial charge is 0.190 e. The lowest BCUT2D eigenvalue weighted by Gasteiger charge is -2.25. The van der Waals surface area contributed by atoms with Gasteiger partial charge in [-0.1, -0.05) is 31.5 Å². The predicted octanol–water partition coefficient (Wildman–Crippen LogP) is 3.35. The quantitative estimate of drug-likeness (QED) is 0.753. The molecule has 0 saturated carbocycles. The Morgan fingerprint density at radius 3 is 2.76 bits per heavy atom. The number of unbranched alkanes of at least 4 members (excludes halogenated alkanes) is 1. The third-order valence-electron chi connectivity index (χ3n) is 4.47. The highest BCUT2D eigenvalue weighted by molar-refractivity contribution is 5.84. The zero-order chi connectivity index (χ0) is 18.0. The lowest BCUT2D eigenvalue weighted by molar-refractivity contribution is -0.218. The van der Waals surface area contributed by atoms with Gasteiger partial charge in [0, 0.05) is 12.0 Å². The van der Waals surface area contributed by atoms with Crippen molar-refractivity contribution in [3.63, 3.8) is 0 Å². The van der Waals surface area contributed by atoms with E-state index in [0.29, 0.717) is 12.0 Å². The first-order valence-electron chi connectivity index (χ1n) is 8.80. The Bertz CT molecular complexity index is 618. The Balaban J connectivity index is 1.73. The minimum atomic E-state index is -0.799. The summed E-state index contributed by atoms with van der Waals surface area (Å²) >= 11 is 0. The van der Waals surface area contributed by atoms with Gasteiger partial charge in [-0.15, -0.1) is 0 Å². The molecule has 2 saturated heterocycles. The van der Waals surface area contributed by atoms with Crippen molar-refractivity contribution >= 4 is 5.78 Å². The molecule has 0 bridgehead atoms. The van der Waals surface area contributed by atoms with Gasteiger partial charge in [-0.25, -0.2) is 4.39 Å². The summed E-state index contributed by atoms with van der Waals surface area (Å²) in [7, 11) is 0. The highest BCUT2D eigenvalue weighted by atomic mass is 19.1. The predicted molar refractivity (Wildman–Crippen MR) is 88.2 cm³/mol. The molecule has 0 aliphatic carbocycles. The molecule has 2 aliphatic heterocycles. The lowest BCUT2D eigenvalue weighted by atomic mass is 10.0. The van der Waals surface area contributed by atoms with Gasteiger partial charge in [-0.05, 0) is 26.3 Å². The monoisotopic (exact) mass is 352 g/mol. The van der Waals surface area contributed by atoms with Gasteiger partial charge in [0.25, 0.3) is 0 Å². The number of hydrogen-bond acceptors (Lipinski definition) is 5. The molecule has 0 amide bonds. The molecule has 5 nitrogen and oxygen atoms in total. The van der Waals surface area contributed by atoms with Crippen molar-refractivity contribution < 1.29 is 28.1 Å². The number of rotatable bonds is 7. The fourth-order valence-electron chi connectivity index (χ4n) is 3.22. The summed E-state index contributed by atoms with van der Waals surface area (Å²) in [6, 6.07) is 6.42. The van der Waals surface area contributed by atoms with Crippen LogP contribution < -0.4 is 0 Å². The maximum atomic E-state index is 13.8. The Kier molecular flexibility index (Phi) is 5.53. The van der Waals surface area contributed by atoms with E-state index < -0.39 is 30.4 Å². The molecule has 1 aromatic carbocycles. The molecule has 2 fully saturated rings. The van der Waals surface area contributed by atoms with Crippen LogP contribution in [0, 0.1) is 5.82 Å². The Morgan fingerprint density at radius 1 is 1.28 bits per heavy atom. The van der Waals surface area contributed by atoms with Gasteiger partial charge in [0.05, 0.1) is 6.61 Å². The summed E-state index contributed by atoms with van der Waals surface area (Å²) in [6.07, 6.45) is -0.370. The molecule has 0 aromatic heterocycles. The second kappa shape index (κ2) is 7.50. The van der Waals surface area contributed by atoms with Crippen LogP contribution >= 0.6 is 0 Å². The molecule has 6 heteroatoms. The molecular weight excluding hydrogens is 327 g/mol. The number of carbonyl (C=O) groups is 1. The van der Waals surface area contributed by atoms with Crippen molar-refractivity contribution in [2.24, 2.45) is 0 Å². The van der Waals surface area contributed by atoms with E-state index in [0.717, 1.165) is 12.8 Å². The van der Waals surface area contributed by atoms with Crippen LogP contribution in [0.4, 0.5) is 4.39 Å². The first kappa shape index (κ1) is 18.5. The lowest BCUT2D eigenvalue weighted by Crippen LogP contribution is -2.40. The zero-order valence-corrected chi connectivity index (χ0v) is 14.9. The molecule has 3 rings (SSSR count). The molecule has 2 heterocycles. The van der Waals surface area contributed by atoms with Crippen molar-refractivity contribution in [1.82, 2.24) is 0 Å². The Hall–Kier alpha value is -1.34. The fourth-order valence-corrected chi connectivity index (χ4v) is 3.22. The van der Waals surface area contributed by atoms with E-state index in [1.54, 1.807) is 32.0 Å².